The zero-order chi connectivity index (χ0) is 49.3. The van der Waals surface area contributed by atoms with E-state index in [4.69, 9.17) is 25.8 Å². The van der Waals surface area contributed by atoms with Crippen molar-refractivity contribution in [1.29, 1.82) is 0 Å². The molecule has 0 saturated heterocycles. The highest BCUT2D eigenvalue weighted by Gasteiger charge is 2.36. The number of amides is 5. The number of carbonyl (C=O) groups is 6. The van der Waals surface area contributed by atoms with Gasteiger partial charge in [-0.05, 0) is 150 Å². The van der Waals surface area contributed by atoms with Crippen LogP contribution in [0.25, 0.3) is 11.1 Å². The van der Waals surface area contributed by atoms with Crippen LogP contribution in [0.15, 0.2) is 53.4 Å². The van der Waals surface area contributed by atoms with Crippen LogP contribution in [-0.2, 0) is 43.4 Å². The number of carboxylic acid groups (broad SMARTS) is 1. The van der Waals surface area contributed by atoms with Crippen molar-refractivity contribution >= 4 is 57.5 Å². The minimum atomic E-state index is -4.34. The number of carboxylic acids is 1. The number of ether oxygens (including phenoxy) is 3. The first kappa shape index (κ1) is 56.2. The molecule has 7 N–H and O–H groups in total. The maximum absolute atomic E-state index is 14.2. The van der Waals surface area contributed by atoms with E-state index in [-0.39, 0.29) is 37.2 Å². The lowest BCUT2D eigenvalue weighted by molar-refractivity contribution is -0.143. The second-order valence-corrected chi connectivity index (χ2v) is 20.8. The van der Waals surface area contributed by atoms with Gasteiger partial charge in [0, 0.05) is 18.1 Å². The highest BCUT2D eigenvalue weighted by Crippen LogP contribution is 2.24. The first-order chi connectivity index (χ1) is 30.0. The lowest BCUT2D eigenvalue weighted by Crippen LogP contribution is -2.60. The molecule has 0 aliphatic heterocycles. The van der Waals surface area contributed by atoms with Gasteiger partial charge in [-0.3, -0.25) is 14.4 Å². The molecule has 0 saturated carbocycles. The van der Waals surface area contributed by atoms with Crippen molar-refractivity contribution in [3.8, 4) is 11.1 Å². The fourth-order valence-corrected chi connectivity index (χ4v) is 7.48. The number of benzene rings is 2. The molecule has 2 aromatic carbocycles. The van der Waals surface area contributed by atoms with E-state index in [0.29, 0.717) is 24.3 Å². The van der Waals surface area contributed by atoms with Gasteiger partial charge in [0.1, 0.15) is 35.4 Å². The van der Waals surface area contributed by atoms with Crippen molar-refractivity contribution in [2.75, 3.05) is 13.1 Å². The predicted octanol–water partition coefficient (Wildman–Crippen LogP) is 5.81. The van der Waals surface area contributed by atoms with Gasteiger partial charge < -0.3 is 45.9 Å². The molecule has 0 aromatic heterocycles. The zero-order valence-corrected chi connectivity index (χ0v) is 41.0. The Morgan fingerprint density at radius 3 is 1.52 bits per heavy atom. The molecule has 20 heteroatoms. The summed E-state index contributed by atoms with van der Waals surface area (Å²) in [7, 11) is -4.34. The van der Waals surface area contributed by atoms with Crippen LogP contribution in [0.2, 0.25) is 5.02 Å². The third-order valence-electron chi connectivity index (χ3n) is 9.09. The monoisotopic (exact) mass is 952 g/mol. The maximum Gasteiger partial charge on any atom is 0.407 e. The molecule has 0 unspecified atom stereocenters. The van der Waals surface area contributed by atoms with E-state index >= 15 is 0 Å². The van der Waals surface area contributed by atoms with E-state index in [1.807, 2.05) is 0 Å². The molecular weight excluding hydrogens is 884 g/mol. The zero-order valence-electron chi connectivity index (χ0n) is 39.4. The molecular formula is C45H69ClN6O12S. The van der Waals surface area contributed by atoms with Crippen LogP contribution in [0.4, 0.5) is 9.59 Å². The number of aliphatic carboxylic acids is 1. The normalized spacial score (nSPS) is 14.4. The highest BCUT2D eigenvalue weighted by molar-refractivity contribution is 7.89. The van der Waals surface area contributed by atoms with E-state index in [1.165, 1.54) is 26.0 Å². The fraction of sp³-hybridized carbons (Fsp3) is 0.600. The Morgan fingerprint density at radius 1 is 0.615 bits per heavy atom. The Hall–Kier alpha value is -4.98. The number of rotatable bonds is 23. The molecule has 0 aliphatic rings. The highest BCUT2D eigenvalue weighted by atomic mass is 35.5. The van der Waals surface area contributed by atoms with Crippen LogP contribution in [0.3, 0.4) is 0 Å². The molecule has 5 amide bonds. The Morgan fingerprint density at radius 2 is 1.08 bits per heavy atom. The number of alkyl carbamates (subject to hydrolysis) is 2. The van der Waals surface area contributed by atoms with Crippen LogP contribution in [-0.4, -0.2) is 110 Å². The molecule has 0 radical (unpaired) electrons. The summed E-state index contributed by atoms with van der Waals surface area (Å²) in [4.78, 5) is 77.4. The quantitative estimate of drug-likeness (QED) is 0.0652. The topological polar surface area (TPSA) is 257 Å². The van der Waals surface area contributed by atoms with Crippen molar-refractivity contribution in [3.63, 3.8) is 0 Å². The summed E-state index contributed by atoms with van der Waals surface area (Å²) in [5.74, 6) is -3.86. The Labute approximate surface area is 388 Å². The van der Waals surface area contributed by atoms with Gasteiger partial charge in [0.2, 0.25) is 27.7 Å². The van der Waals surface area contributed by atoms with Crippen LogP contribution < -0.4 is 31.3 Å². The number of hydrogen-bond acceptors (Lipinski definition) is 11. The summed E-state index contributed by atoms with van der Waals surface area (Å²) < 4.78 is 46.6. The summed E-state index contributed by atoms with van der Waals surface area (Å²) in [6.07, 6.45) is -1.00. The van der Waals surface area contributed by atoms with E-state index in [2.05, 4.69) is 31.3 Å². The first-order valence-electron chi connectivity index (χ1n) is 21.6. The maximum atomic E-state index is 14.2. The van der Waals surface area contributed by atoms with Crippen molar-refractivity contribution in [2.24, 2.45) is 0 Å². The van der Waals surface area contributed by atoms with Crippen molar-refractivity contribution < 1.29 is 56.5 Å². The molecule has 0 fully saturated rings. The summed E-state index contributed by atoms with van der Waals surface area (Å²) in [5.41, 5.74) is -0.694. The smallest absolute Gasteiger partial charge is 0.407 e. The van der Waals surface area contributed by atoms with Crippen LogP contribution in [0.5, 0.6) is 0 Å². The standard InChI is InChI=1S/C45H69ClN6O12S/c1-28(37(53)50-35(40(56)57)17-13-15-27-48-42(59)64-45(9,10)11)49-39(55)36(29(2)62-43(3,4)5)51-38(54)34(16-12-14-26-47-41(58)63-44(6,7)8)52-65(60,61)33-24-20-31(21-25-33)30-18-22-32(46)23-19-30/h18-25,28-29,34-36,52H,12-17,26-27H2,1-11H3,(H,47,58)(H,48,59)(H,49,55)(H,50,53)(H,51,54)(H,56,57)/t28-,29+,34-,35-,36-/m0/s1. The molecule has 2 rings (SSSR count). The van der Waals surface area contributed by atoms with Crippen LogP contribution in [0, 0.1) is 0 Å². The Bertz CT molecular complexity index is 2010. The van der Waals surface area contributed by atoms with Crippen molar-refractivity contribution in [3.05, 3.63) is 53.6 Å². The Balaban J connectivity index is 2.27. The van der Waals surface area contributed by atoms with Crippen molar-refractivity contribution in [1.82, 2.24) is 31.3 Å². The van der Waals surface area contributed by atoms with Gasteiger partial charge in [-0.1, -0.05) is 35.9 Å². The second-order valence-electron chi connectivity index (χ2n) is 18.6. The molecule has 5 atom stereocenters. The van der Waals surface area contributed by atoms with E-state index in [0.717, 1.165) is 11.1 Å². The Kier molecular flexibility index (Phi) is 21.7. The van der Waals surface area contributed by atoms with Gasteiger partial charge >= 0.3 is 18.2 Å². The number of unbranched alkanes of at least 4 members (excludes halogenated alkanes) is 2. The summed E-state index contributed by atoms with van der Waals surface area (Å²) in [5, 5.41) is 23.2. The van der Waals surface area contributed by atoms with Crippen LogP contribution >= 0.6 is 11.6 Å². The summed E-state index contributed by atoms with van der Waals surface area (Å²) >= 11 is 6.02. The average molecular weight is 954 g/mol. The van der Waals surface area contributed by atoms with Gasteiger partial charge in [0.25, 0.3) is 0 Å². The molecule has 364 valence electrons. The van der Waals surface area contributed by atoms with Gasteiger partial charge in [-0.15, -0.1) is 0 Å². The van der Waals surface area contributed by atoms with E-state index in [9.17, 15) is 42.3 Å². The predicted molar refractivity (Wildman–Crippen MR) is 247 cm³/mol. The number of carbonyl (C=O) groups excluding carboxylic acids is 5. The second kappa shape index (κ2) is 25.1. The molecule has 0 bridgehead atoms. The van der Waals surface area contributed by atoms with Gasteiger partial charge in [-0.2, -0.15) is 4.72 Å². The van der Waals surface area contributed by atoms with Crippen molar-refractivity contribution in [2.45, 2.75) is 167 Å². The molecule has 65 heavy (non-hydrogen) atoms. The van der Waals surface area contributed by atoms with E-state index in [1.54, 1.807) is 98.7 Å². The van der Waals surface area contributed by atoms with Gasteiger partial charge in [0.15, 0.2) is 0 Å². The number of nitrogens with one attached hydrogen (secondary N) is 6. The summed E-state index contributed by atoms with van der Waals surface area (Å²) in [6.45, 7) is 18.8. The molecule has 0 heterocycles. The SMILES string of the molecule is C[C@H](NC(=O)[C@@H](NC(=O)[C@H](CCCCNC(=O)OC(C)(C)C)NS(=O)(=O)c1ccc(-c2ccc(Cl)cc2)cc1)[C@@H](C)OC(C)(C)C)C(=O)N[C@@H](CCCCNC(=O)OC(C)(C)C)C(=O)O. The molecule has 18 nitrogen and oxygen atoms in total. The number of hydrogen-bond donors (Lipinski definition) is 7. The lowest BCUT2D eigenvalue weighted by atomic mass is 10.1. The number of sulfonamides is 1. The van der Waals surface area contributed by atoms with Crippen LogP contribution in [0.1, 0.15) is 115 Å². The summed E-state index contributed by atoms with van der Waals surface area (Å²) in [6, 6.07) is 7.52. The molecule has 0 spiro atoms. The molecule has 2 aromatic rings. The largest absolute Gasteiger partial charge is 0.480 e. The number of halogens is 1. The van der Waals surface area contributed by atoms with Gasteiger partial charge in [-0.25, -0.2) is 22.8 Å². The third-order valence-corrected chi connectivity index (χ3v) is 10.8. The lowest BCUT2D eigenvalue weighted by Gasteiger charge is -2.32. The minimum absolute atomic E-state index is 0.0216. The minimum Gasteiger partial charge on any atom is -0.480 e. The van der Waals surface area contributed by atoms with Gasteiger partial charge in [0.05, 0.1) is 16.6 Å². The fourth-order valence-electron chi connectivity index (χ4n) is 6.12. The third kappa shape index (κ3) is 22.2. The molecule has 0 aliphatic carbocycles. The van der Waals surface area contributed by atoms with E-state index < -0.39 is 93.0 Å². The average Bonchev–Trinajstić information content (AvgIpc) is 3.16. The first-order valence-corrected chi connectivity index (χ1v) is 23.5.